The fourth-order valence-corrected chi connectivity index (χ4v) is 5.05. The van der Waals surface area contributed by atoms with Crippen LogP contribution in [-0.2, 0) is 4.79 Å². The van der Waals surface area contributed by atoms with Crippen LogP contribution in [0, 0.1) is 19.8 Å². The van der Waals surface area contributed by atoms with Crippen molar-refractivity contribution in [1.29, 1.82) is 0 Å². The molecule has 0 N–H and O–H groups in total. The van der Waals surface area contributed by atoms with E-state index in [0.717, 1.165) is 18.5 Å². The molecule has 1 saturated heterocycles. The Bertz CT molecular complexity index is 818. The standard InChI is InChI=1S/C21H27N3O2S/c1-14-9-10-17(12-15(14)2)20-22-23-21(26-20)27-13-19(25)24-11-5-7-16-6-3-4-8-18(16)24/h9-10,12,16,18H,3-8,11,13H2,1-2H3/t16-,18+/m0/s1. The summed E-state index contributed by atoms with van der Waals surface area (Å²) in [6.45, 7) is 5.05. The van der Waals surface area contributed by atoms with E-state index in [0.29, 0.717) is 28.8 Å². The zero-order chi connectivity index (χ0) is 18.8. The first-order chi connectivity index (χ1) is 13.1. The highest BCUT2D eigenvalue weighted by Gasteiger charge is 2.35. The van der Waals surface area contributed by atoms with Crippen molar-refractivity contribution in [3.05, 3.63) is 29.3 Å². The first-order valence-corrected chi connectivity index (χ1v) is 10.9. The van der Waals surface area contributed by atoms with Crippen molar-refractivity contribution in [1.82, 2.24) is 15.1 Å². The van der Waals surface area contributed by atoms with E-state index in [1.54, 1.807) is 0 Å². The molecule has 2 aromatic rings. The van der Waals surface area contributed by atoms with Gasteiger partial charge in [-0.25, -0.2) is 0 Å². The highest BCUT2D eigenvalue weighted by atomic mass is 32.2. The third kappa shape index (κ3) is 4.05. The van der Waals surface area contributed by atoms with Gasteiger partial charge in [-0.3, -0.25) is 4.79 Å². The smallest absolute Gasteiger partial charge is 0.277 e. The van der Waals surface area contributed by atoms with Crippen molar-refractivity contribution in [2.24, 2.45) is 5.92 Å². The Morgan fingerprint density at radius 2 is 1.96 bits per heavy atom. The maximum absolute atomic E-state index is 12.8. The van der Waals surface area contributed by atoms with E-state index < -0.39 is 0 Å². The normalized spacial score (nSPS) is 22.5. The molecule has 0 bridgehead atoms. The largest absolute Gasteiger partial charge is 0.411 e. The van der Waals surface area contributed by atoms with E-state index in [9.17, 15) is 4.79 Å². The number of carbonyl (C=O) groups is 1. The van der Waals surface area contributed by atoms with Crippen LogP contribution in [0.1, 0.15) is 49.7 Å². The van der Waals surface area contributed by atoms with Gasteiger partial charge in [0.2, 0.25) is 11.8 Å². The molecule has 1 aromatic carbocycles. The summed E-state index contributed by atoms with van der Waals surface area (Å²) >= 11 is 1.35. The van der Waals surface area contributed by atoms with Gasteiger partial charge in [0.15, 0.2) is 0 Å². The summed E-state index contributed by atoms with van der Waals surface area (Å²) in [7, 11) is 0. The molecule has 6 heteroatoms. The molecule has 0 radical (unpaired) electrons. The monoisotopic (exact) mass is 385 g/mol. The van der Waals surface area contributed by atoms with Crippen LogP contribution in [0.2, 0.25) is 0 Å². The summed E-state index contributed by atoms with van der Waals surface area (Å²) in [5.41, 5.74) is 3.35. The van der Waals surface area contributed by atoms with Crippen LogP contribution in [-0.4, -0.2) is 39.3 Å². The molecule has 5 nitrogen and oxygen atoms in total. The van der Waals surface area contributed by atoms with Gasteiger partial charge in [0.05, 0.1) is 5.75 Å². The van der Waals surface area contributed by atoms with Gasteiger partial charge in [-0.15, -0.1) is 10.2 Å². The summed E-state index contributed by atoms with van der Waals surface area (Å²) < 4.78 is 5.78. The molecule has 2 heterocycles. The number of likely N-dealkylation sites (tertiary alicyclic amines) is 1. The Kier molecular flexibility index (Phi) is 5.53. The number of aromatic nitrogens is 2. The molecule has 4 rings (SSSR count). The number of fused-ring (bicyclic) bond motifs is 1. The predicted octanol–water partition coefficient (Wildman–Crippen LogP) is 4.63. The molecule has 2 fully saturated rings. The van der Waals surface area contributed by atoms with Crippen LogP contribution in [0.25, 0.3) is 11.5 Å². The van der Waals surface area contributed by atoms with Gasteiger partial charge < -0.3 is 9.32 Å². The number of hydrogen-bond acceptors (Lipinski definition) is 5. The average Bonchev–Trinajstić information content (AvgIpc) is 3.17. The quantitative estimate of drug-likeness (QED) is 0.718. The number of amides is 1. The van der Waals surface area contributed by atoms with E-state index in [2.05, 4.69) is 41.1 Å². The Balaban J connectivity index is 1.38. The van der Waals surface area contributed by atoms with Crippen LogP contribution in [0.3, 0.4) is 0 Å². The molecule has 1 saturated carbocycles. The van der Waals surface area contributed by atoms with Crippen molar-refractivity contribution in [3.8, 4) is 11.5 Å². The number of rotatable bonds is 4. The van der Waals surface area contributed by atoms with E-state index in [4.69, 9.17) is 4.42 Å². The number of piperidine rings is 1. The molecule has 27 heavy (non-hydrogen) atoms. The lowest BCUT2D eigenvalue weighted by Gasteiger charge is -2.44. The van der Waals surface area contributed by atoms with Gasteiger partial charge in [-0.1, -0.05) is 30.7 Å². The summed E-state index contributed by atoms with van der Waals surface area (Å²) in [4.78, 5) is 14.9. The lowest BCUT2D eigenvalue weighted by atomic mass is 9.78. The van der Waals surface area contributed by atoms with Gasteiger partial charge >= 0.3 is 0 Å². The van der Waals surface area contributed by atoms with Crippen LogP contribution in [0.5, 0.6) is 0 Å². The van der Waals surface area contributed by atoms with Crippen LogP contribution in [0.4, 0.5) is 0 Å². The van der Waals surface area contributed by atoms with E-state index >= 15 is 0 Å². The molecule has 1 aliphatic carbocycles. The molecule has 2 atom stereocenters. The molecular formula is C21H27N3O2S. The van der Waals surface area contributed by atoms with Gasteiger partial charge in [0.1, 0.15) is 0 Å². The number of carbonyl (C=O) groups excluding carboxylic acids is 1. The average molecular weight is 386 g/mol. The maximum atomic E-state index is 12.8. The Hall–Kier alpha value is -1.82. The van der Waals surface area contributed by atoms with Gasteiger partial charge in [-0.2, -0.15) is 0 Å². The van der Waals surface area contributed by atoms with Gasteiger partial charge in [0.25, 0.3) is 5.22 Å². The molecule has 0 spiro atoms. The Labute approximate surface area is 164 Å². The third-order valence-electron chi connectivity index (χ3n) is 6.04. The third-order valence-corrected chi connectivity index (χ3v) is 6.85. The Morgan fingerprint density at radius 3 is 2.81 bits per heavy atom. The fourth-order valence-electron chi connectivity index (χ4n) is 4.40. The summed E-state index contributed by atoms with van der Waals surface area (Å²) in [6, 6.07) is 6.56. The van der Waals surface area contributed by atoms with E-state index in [1.165, 1.54) is 55.0 Å². The minimum atomic E-state index is 0.211. The van der Waals surface area contributed by atoms with E-state index in [-0.39, 0.29) is 5.91 Å². The van der Waals surface area contributed by atoms with Crippen molar-refractivity contribution < 1.29 is 9.21 Å². The summed E-state index contributed by atoms with van der Waals surface area (Å²) in [5, 5.41) is 8.74. The van der Waals surface area contributed by atoms with Crippen LogP contribution in [0.15, 0.2) is 27.8 Å². The van der Waals surface area contributed by atoms with Crippen molar-refractivity contribution in [3.63, 3.8) is 0 Å². The maximum Gasteiger partial charge on any atom is 0.277 e. The zero-order valence-corrected chi connectivity index (χ0v) is 16.9. The van der Waals surface area contributed by atoms with Crippen LogP contribution < -0.4 is 0 Å². The first-order valence-electron chi connectivity index (χ1n) is 9.95. The second kappa shape index (κ2) is 8.05. The zero-order valence-electron chi connectivity index (χ0n) is 16.1. The molecule has 1 aromatic heterocycles. The summed E-state index contributed by atoms with van der Waals surface area (Å²) in [6.07, 6.45) is 7.44. The molecule has 2 aliphatic rings. The second-order valence-corrected chi connectivity index (χ2v) is 8.73. The number of nitrogens with zero attached hydrogens (tertiary/aromatic N) is 3. The minimum absolute atomic E-state index is 0.211. The number of hydrogen-bond donors (Lipinski definition) is 0. The lowest BCUT2D eigenvalue weighted by molar-refractivity contribution is -0.134. The predicted molar refractivity (Wildman–Crippen MR) is 107 cm³/mol. The van der Waals surface area contributed by atoms with Crippen molar-refractivity contribution in [2.45, 2.75) is 63.6 Å². The molecule has 1 aliphatic heterocycles. The highest BCUT2D eigenvalue weighted by Crippen LogP contribution is 2.35. The second-order valence-electron chi connectivity index (χ2n) is 7.80. The van der Waals surface area contributed by atoms with Crippen LogP contribution >= 0.6 is 11.8 Å². The van der Waals surface area contributed by atoms with Crippen molar-refractivity contribution in [2.75, 3.05) is 12.3 Å². The number of benzene rings is 1. The first kappa shape index (κ1) is 18.5. The molecular weight excluding hydrogens is 358 g/mol. The van der Waals surface area contributed by atoms with E-state index in [1.807, 2.05) is 6.07 Å². The molecule has 144 valence electrons. The minimum Gasteiger partial charge on any atom is -0.411 e. The topological polar surface area (TPSA) is 59.2 Å². The Morgan fingerprint density at radius 1 is 1.15 bits per heavy atom. The lowest BCUT2D eigenvalue weighted by Crippen LogP contribution is -2.50. The SMILES string of the molecule is Cc1ccc(-c2nnc(SCC(=O)N3CCC[C@@H]4CCCC[C@H]43)o2)cc1C. The highest BCUT2D eigenvalue weighted by molar-refractivity contribution is 7.99. The summed E-state index contributed by atoms with van der Waals surface area (Å²) in [5.74, 6) is 1.81. The molecule has 0 unspecified atom stereocenters. The van der Waals surface area contributed by atoms with Gasteiger partial charge in [0, 0.05) is 18.2 Å². The molecule has 1 amide bonds. The number of aryl methyl sites for hydroxylation is 2. The van der Waals surface area contributed by atoms with Crippen molar-refractivity contribution >= 4 is 17.7 Å². The van der Waals surface area contributed by atoms with Gasteiger partial charge in [-0.05, 0) is 68.7 Å². The number of thioether (sulfide) groups is 1. The fraction of sp³-hybridized carbons (Fsp3) is 0.571.